The zero-order valence-corrected chi connectivity index (χ0v) is 14.3. The molecule has 0 aliphatic heterocycles. The lowest BCUT2D eigenvalue weighted by Crippen LogP contribution is -2.17. The summed E-state index contributed by atoms with van der Waals surface area (Å²) in [6, 6.07) is 11.4. The number of H-pyrrole nitrogens is 1. The lowest BCUT2D eigenvalue weighted by molar-refractivity contribution is 0.102. The summed E-state index contributed by atoms with van der Waals surface area (Å²) >= 11 is 6.12. The van der Waals surface area contributed by atoms with Crippen molar-refractivity contribution in [1.82, 2.24) is 4.98 Å². The number of carbonyl (C=O) groups excluding carboxylic acids is 1. The van der Waals surface area contributed by atoms with E-state index in [-0.39, 0.29) is 11.1 Å². The standard InChI is InChI=1S/C18H15ClN2O4/c1-24-15-9-16(25-2)14(8-12(15)19)21-18(23)11-7-17(22)20-13-6-4-3-5-10(11)13/h3-9H,1-2H3,(H,20,22)(H,21,23). The van der Waals surface area contributed by atoms with Gasteiger partial charge in [0.05, 0.1) is 30.5 Å². The molecule has 1 heterocycles. The highest BCUT2D eigenvalue weighted by atomic mass is 35.5. The summed E-state index contributed by atoms with van der Waals surface area (Å²) in [6.07, 6.45) is 0. The molecule has 2 aromatic carbocycles. The molecule has 2 N–H and O–H groups in total. The fourth-order valence-corrected chi connectivity index (χ4v) is 2.78. The van der Waals surface area contributed by atoms with Crippen LogP contribution in [0.25, 0.3) is 10.9 Å². The van der Waals surface area contributed by atoms with Gasteiger partial charge in [-0.2, -0.15) is 0 Å². The van der Waals surface area contributed by atoms with Crippen LogP contribution >= 0.6 is 11.6 Å². The number of rotatable bonds is 4. The van der Waals surface area contributed by atoms with Gasteiger partial charge in [-0.15, -0.1) is 0 Å². The molecule has 128 valence electrons. The molecule has 7 heteroatoms. The molecule has 0 spiro atoms. The van der Waals surface area contributed by atoms with Crippen molar-refractivity contribution in [3.63, 3.8) is 0 Å². The van der Waals surface area contributed by atoms with Crippen LogP contribution in [-0.4, -0.2) is 25.1 Å². The monoisotopic (exact) mass is 358 g/mol. The molecule has 0 aliphatic carbocycles. The van der Waals surface area contributed by atoms with E-state index in [2.05, 4.69) is 10.3 Å². The number of anilines is 1. The third kappa shape index (κ3) is 3.29. The summed E-state index contributed by atoms with van der Waals surface area (Å²) in [4.78, 5) is 27.2. The summed E-state index contributed by atoms with van der Waals surface area (Å²) in [5, 5.41) is 3.70. The van der Waals surface area contributed by atoms with Crippen molar-refractivity contribution in [3.05, 3.63) is 63.4 Å². The molecule has 6 nitrogen and oxygen atoms in total. The Hall–Kier alpha value is -2.99. The number of fused-ring (bicyclic) bond motifs is 1. The Balaban J connectivity index is 2.04. The lowest BCUT2D eigenvalue weighted by Gasteiger charge is -2.13. The second-order valence-electron chi connectivity index (χ2n) is 5.23. The number of hydrogen-bond donors (Lipinski definition) is 2. The first-order valence-electron chi connectivity index (χ1n) is 7.38. The Labute approximate surface area is 148 Å². The van der Waals surface area contributed by atoms with E-state index >= 15 is 0 Å². The smallest absolute Gasteiger partial charge is 0.256 e. The van der Waals surface area contributed by atoms with Crippen molar-refractivity contribution < 1.29 is 14.3 Å². The molecule has 0 unspecified atom stereocenters. The third-order valence-electron chi connectivity index (χ3n) is 3.72. The van der Waals surface area contributed by atoms with Crippen molar-refractivity contribution in [2.24, 2.45) is 0 Å². The summed E-state index contributed by atoms with van der Waals surface area (Å²) < 4.78 is 10.4. The fourth-order valence-electron chi connectivity index (χ4n) is 2.54. The minimum absolute atomic E-state index is 0.258. The van der Waals surface area contributed by atoms with Crippen LogP contribution in [-0.2, 0) is 0 Å². The number of aromatic nitrogens is 1. The van der Waals surface area contributed by atoms with Gasteiger partial charge >= 0.3 is 0 Å². The van der Waals surface area contributed by atoms with Gasteiger partial charge in [0, 0.05) is 23.0 Å². The van der Waals surface area contributed by atoms with Crippen LogP contribution in [0.15, 0.2) is 47.3 Å². The minimum Gasteiger partial charge on any atom is -0.495 e. The fraction of sp³-hybridized carbons (Fsp3) is 0.111. The number of halogens is 1. The van der Waals surface area contributed by atoms with E-state index in [0.29, 0.717) is 33.1 Å². The molecule has 1 aromatic heterocycles. The Morgan fingerprint density at radius 1 is 1.08 bits per heavy atom. The predicted octanol–water partition coefficient (Wildman–Crippen LogP) is 3.45. The van der Waals surface area contributed by atoms with E-state index in [1.54, 1.807) is 30.3 Å². The van der Waals surface area contributed by atoms with Gasteiger partial charge < -0.3 is 19.8 Å². The maximum Gasteiger partial charge on any atom is 0.256 e. The highest BCUT2D eigenvalue weighted by Crippen LogP contribution is 2.36. The molecule has 25 heavy (non-hydrogen) atoms. The maximum atomic E-state index is 12.7. The van der Waals surface area contributed by atoms with Gasteiger partial charge in [-0.25, -0.2) is 0 Å². The van der Waals surface area contributed by atoms with Gasteiger partial charge in [0.15, 0.2) is 0 Å². The van der Waals surface area contributed by atoms with E-state index in [9.17, 15) is 9.59 Å². The predicted molar refractivity (Wildman–Crippen MR) is 97.1 cm³/mol. The van der Waals surface area contributed by atoms with Crippen LogP contribution in [0.1, 0.15) is 10.4 Å². The number of nitrogens with one attached hydrogen (secondary N) is 2. The minimum atomic E-state index is -0.443. The maximum absolute atomic E-state index is 12.7. The summed E-state index contributed by atoms with van der Waals surface area (Å²) in [7, 11) is 2.96. The Kier molecular flexibility index (Phi) is 4.63. The number of methoxy groups -OCH3 is 2. The molecule has 1 amide bonds. The number of aromatic amines is 1. The van der Waals surface area contributed by atoms with Crippen LogP contribution in [0.3, 0.4) is 0 Å². The first kappa shape index (κ1) is 16.9. The molecule has 0 radical (unpaired) electrons. The average molecular weight is 359 g/mol. The number of carbonyl (C=O) groups is 1. The van der Waals surface area contributed by atoms with Gasteiger partial charge in [-0.1, -0.05) is 29.8 Å². The van der Waals surface area contributed by atoms with Gasteiger partial charge in [0.2, 0.25) is 5.56 Å². The number of benzene rings is 2. The van der Waals surface area contributed by atoms with Crippen molar-refractivity contribution in [2.75, 3.05) is 19.5 Å². The molecule has 3 aromatic rings. The molecule has 0 saturated carbocycles. The van der Waals surface area contributed by atoms with Crippen molar-refractivity contribution in [2.45, 2.75) is 0 Å². The zero-order chi connectivity index (χ0) is 18.0. The van der Waals surface area contributed by atoms with Crippen LogP contribution in [0.5, 0.6) is 11.5 Å². The Morgan fingerprint density at radius 3 is 2.52 bits per heavy atom. The lowest BCUT2D eigenvalue weighted by atomic mass is 10.1. The Morgan fingerprint density at radius 2 is 1.80 bits per heavy atom. The molecular formula is C18H15ClN2O4. The normalized spacial score (nSPS) is 10.5. The van der Waals surface area contributed by atoms with Gasteiger partial charge in [-0.05, 0) is 12.1 Å². The molecule has 0 bridgehead atoms. The first-order valence-corrected chi connectivity index (χ1v) is 7.76. The quantitative estimate of drug-likeness (QED) is 0.748. The molecule has 0 aliphatic rings. The molecular weight excluding hydrogens is 344 g/mol. The van der Waals surface area contributed by atoms with E-state index < -0.39 is 5.91 Å². The topological polar surface area (TPSA) is 80.4 Å². The number of amides is 1. The van der Waals surface area contributed by atoms with Crippen LogP contribution < -0.4 is 20.3 Å². The zero-order valence-electron chi connectivity index (χ0n) is 13.6. The molecule has 3 rings (SSSR count). The van der Waals surface area contributed by atoms with Gasteiger partial charge in [0.25, 0.3) is 5.91 Å². The number of hydrogen-bond acceptors (Lipinski definition) is 4. The SMILES string of the molecule is COc1cc(OC)c(NC(=O)c2cc(=O)[nH]c3ccccc23)cc1Cl. The van der Waals surface area contributed by atoms with Crippen molar-refractivity contribution in [3.8, 4) is 11.5 Å². The largest absolute Gasteiger partial charge is 0.495 e. The highest BCUT2D eigenvalue weighted by Gasteiger charge is 2.16. The molecule has 0 saturated heterocycles. The van der Waals surface area contributed by atoms with Crippen molar-refractivity contribution >= 4 is 34.1 Å². The van der Waals surface area contributed by atoms with E-state index in [1.807, 2.05) is 0 Å². The summed E-state index contributed by atoms with van der Waals surface area (Å²) in [6.45, 7) is 0. The highest BCUT2D eigenvalue weighted by molar-refractivity contribution is 6.32. The molecule has 0 fully saturated rings. The number of para-hydroxylation sites is 1. The first-order chi connectivity index (χ1) is 12.0. The second-order valence-corrected chi connectivity index (χ2v) is 5.64. The van der Waals surface area contributed by atoms with Gasteiger partial charge in [-0.3, -0.25) is 9.59 Å². The van der Waals surface area contributed by atoms with E-state index in [4.69, 9.17) is 21.1 Å². The van der Waals surface area contributed by atoms with Crippen LogP contribution in [0.2, 0.25) is 5.02 Å². The Bertz CT molecular complexity index is 1010. The van der Waals surface area contributed by atoms with Gasteiger partial charge in [0.1, 0.15) is 11.5 Å². The number of pyridine rings is 1. The number of ether oxygens (including phenoxy) is 2. The second kappa shape index (κ2) is 6.86. The van der Waals surface area contributed by atoms with Crippen LogP contribution in [0.4, 0.5) is 5.69 Å². The third-order valence-corrected chi connectivity index (χ3v) is 4.01. The molecule has 0 atom stereocenters. The van der Waals surface area contributed by atoms with Crippen LogP contribution in [0, 0.1) is 0 Å². The van der Waals surface area contributed by atoms with E-state index in [1.165, 1.54) is 26.4 Å². The summed E-state index contributed by atoms with van der Waals surface area (Å²) in [5.41, 5.74) is 0.861. The average Bonchev–Trinajstić information content (AvgIpc) is 2.61. The van der Waals surface area contributed by atoms with Crippen molar-refractivity contribution in [1.29, 1.82) is 0 Å². The van der Waals surface area contributed by atoms with E-state index in [0.717, 1.165) is 0 Å². The summed E-state index contributed by atoms with van der Waals surface area (Å²) in [5.74, 6) is 0.378.